The monoisotopic (exact) mass is 460 g/mol. The van der Waals surface area contributed by atoms with Crippen LogP contribution in [-0.4, -0.2) is 33.5 Å². The van der Waals surface area contributed by atoms with Crippen LogP contribution in [0, 0.1) is 19.7 Å². The topological polar surface area (TPSA) is 115 Å². The molecule has 172 valence electrons. The van der Waals surface area contributed by atoms with Crippen molar-refractivity contribution in [3.05, 3.63) is 77.1 Å². The van der Waals surface area contributed by atoms with Crippen LogP contribution in [0.3, 0.4) is 0 Å². The summed E-state index contributed by atoms with van der Waals surface area (Å²) in [4.78, 5) is 24.2. The standard InChI is InChI=1S/C25H21FN4O4/c1-13-7-8-19(9-14(13)2)30-24(32)22(15(3)29-30)28-27-21-12-18(26)11-20(23(21)31)16-5-4-6-17(10-16)25(33)34/h4-12,27,31H,1-3H3,(H,33,34). The van der Waals surface area contributed by atoms with Gasteiger partial charge < -0.3 is 10.2 Å². The van der Waals surface area contributed by atoms with E-state index in [0.717, 1.165) is 23.3 Å². The molecule has 3 aromatic rings. The number of halogens is 1. The Morgan fingerprint density at radius 1 is 1.06 bits per heavy atom. The number of hydrogen-bond donors (Lipinski definition) is 3. The van der Waals surface area contributed by atoms with Crippen LogP contribution in [-0.2, 0) is 4.79 Å². The lowest BCUT2D eigenvalue weighted by Gasteiger charge is -2.13. The van der Waals surface area contributed by atoms with Gasteiger partial charge in [-0.2, -0.15) is 15.2 Å². The molecule has 0 radical (unpaired) electrons. The summed E-state index contributed by atoms with van der Waals surface area (Å²) in [6.07, 6.45) is 0. The van der Waals surface area contributed by atoms with Crippen LogP contribution in [0.4, 0.5) is 15.8 Å². The van der Waals surface area contributed by atoms with Crippen molar-refractivity contribution in [1.29, 1.82) is 0 Å². The van der Waals surface area contributed by atoms with Crippen LogP contribution in [0.5, 0.6) is 5.75 Å². The zero-order valence-electron chi connectivity index (χ0n) is 18.6. The van der Waals surface area contributed by atoms with E-state index in [9.17, 15) is 24.2 Å². The number of rotatable bonds is 5. The predicted molar refractivity (Wildman–Crippen MR) is 128 cm³/mol. The number of aryl methyl sites for hydroxylation is 2. The number of hydrazone groups is 2. The van der Waals surface area contributed by atoms with Crippen LogP contribution in [0.1, 0.15) is 28.4 Å². The van der Waals surface area contributed by atoms with Crippen molar-refractivity contribution >= 4 is 34.7 Å². The van der Waals surface area contributed by atoms with Gasteiger partial charge in [-0.25, -0.2) is 9.18 Å². The van der Waals surface area contributed by atoms with Gasteiger partial charge in [0.1, 0.15) is 17.3 Å². The second kappa shape index (κ2) is 8.78. The molecule has 0 unspecified atom stereocenters. The summed E-state index contributed by atoms with van der Waals surface area (Å²) in [6, 6.07) is 13.4. The van der Waals surface area contributed by atoms with E-state index >= 15 is 0 Å². The first-order chi connectivity index (χ1) is 16.2. The Balaban J connectivity index is 1.65. The maximum atomic E-state index is 14.3. The zero-order valence-corrected chi connectivity index (χ0v) is 18.6. The normalized spacial score (nSPS) is 14.5. The molecule has 0 aromatic heterocycles. The number of nitrogens with one attached hydrogen (secondary N) is 1. The van der Waals surface area contributed by atoms with Crippen molar-refractivity contribution < 1.29 is 24.2 Å². The molecule has 0 bridgehead atoms. The molecule has 0 saturated heterocycles. The van der Waals surface area contributed by atoms with Gasteiger partial charge in [0.15, 0.2) is 5.71 Å². The number of aromatic hydroxyl groups is 1. The number of phenolic OH excluding ortho intramolecular Hbond substituents is 1. The average molecular weight is 460 g/mol. The molecule has 0 spiro atoms. The third kappa shape index (κ3) is 4.23. The number of hydrogen-bond acceptors (Lipinski definition) is 6. The number of aromatic carboxylic acids is 1. The van der Waals surface area contributed by atoms with E-state index < -0.39 is 17.7 Å². The lowest BCUT2D eigenvalue weighted by Crippen LogP contribution is -2.28. The Morgan fingerprint density at radius 3 is 2.53 bits per heavy atom. The highest BCUT2D eigenvalue weighted by Gasteiger charge is 2.31. The molecule has 34 heavy (non-hydrogen) atoms. The van der Waals surface area contributed by atoms with E-state index in [0.29, 0.717) is 17.0 Å². The Labute approximate surface area is 194 Å². The van der Waals surface area contributed by atoms with Crippen LogP contribution in [0.2, 0.25) is 0 Å². The molecule has 9 heteroatoms. The number of carbonyl (C=O) groups excluding carboxylic acids is 1. The number of anilines is 2. The lowest BCUT2D eigenvalue weighted by atomic mass is 10.0. The van der Waals surface area contributed by atoms with Gasteiger partial charge in [0.2, 0.25) is 0 Å². The first-order valence-corrected chi connectivity index (χ1v) is 10.3. The van der Waals surface area contributed by atoms with E-state index in [1.54, 1.807) is 19.1 Å². The maximum Gasteiger partial charge on any atom is 0.335 e. The highest BCUT2D eigenvalue weighted by Crippen LogP contribution is 2.37. The molecule has 0 saturated carbocycles. The summed E-state index contributed by atoms with van der Waals surface area (Å²) in [7, 11) is 0. The Kier molecular flexibility index (Phi) is 5.85. The number of carboxylic acid groups (broad SMARTS) is 1. The van der Waals surface area contributed by atoms with Crippen molar-refractivity contribution in [3.63, 3.8) is 0 Å². The number of carbonyl (C=O) groups is 2. The molecule has 3 N–H and O–H groups in total. The van der Waals surface area contributed by atoms with Crippen LogP contribution in [0.25, 0.3) is 11.1 Å². The first kappa shape index (κ1) is 22.7. The molecule has 0 fully saturated rings. The third-order valence-electron chi connectivity index (χ3n) is 5.51. The molecule has 1 aliphatic rings. The maximum absolute atomic E-state index is 14.3. The molecule has 1 heterocycles. The molecule has 3 aromatic carbocycles. The van der Waals surface area contributed by atoms with Gasteiger partial charge in [-0.15, -0.1) is 0 Å². The second-order valence-corrected chi connectivity index (χ2v) is 7.88. The molecule has 8 nitrogen and oxygen atoms in total. The summed E-state index contributed by atoms with van der Waals surface area (Å²) in [5, 5.41) is 29.5. The molecule has 4 rings (SSSR count). The van der Waals surface area contributed by atoms with Crippen molar-refractivity contribution in [2.75, 3.05) is 10.4 Å². The van der Waals surface area contributed by atoms with E-state index in [-0.39, 0.29) is 28.3 Å². The lowest BCUT2D eigenvalue weighted by molar-refractivity contribution is -0.112. The Bertz CT molecular complexity index is 1400. The highest BCUT2D eigenvalue weighted by molar-refractivity contribution is 6.71. The minimum absolute atomic E-state index is 0.00858. The fourth-order valence-electron chi connectivity index (χ4n) is 3.50. The second-order valence-electron chi connectivity index (χ2n) is 7.88. The summed E-state index contributed by atoms with van der Waals surface area (Å²) >= 11 is 0. The number of benzene rings is 3. The molecule has 1 aliphatic heterocycles. The van der Waals surface area contributed by atoms with Gasteiger partial charge in [0, 0.05) is 11.6 Å². The van der Waals surface area contributed by atoms with Crippen molar-refractivity contribution in [2.24, 2.45) is 10.2 Å². The van der Waals surface area contributed by atoms with Gasteiger partial charge in [-0.05, 0) is 67.8 Å². The van der Waals surface area contributed by atoms with Gasteiger partial charge in [0.25, 0.3) is 0 Å². The van der Waals surface area contributed by atoms with E-state index in [2.05, 4.69) is 15.6 Å². The predicted octanol–water partition coefficient (Wildman–Crippen LogP) is 4.70. The molecular formula is C25H21FN4O4. The number of phenols is 1. The zero-order chi connectivity index (χ0) is 24.6. The largest absolute Gasteiger partial charge is 0.505 e. The summed E-state index contributed by atoms with van der Waals surface area (Å²) < 4.78 is 14.3. The number of amides is 1. The molecular weight excluding hydrogens is 439 g/mol. The summed E-state index contributed by atoms with van der Waals surface area (Å²) in [5.41, 5.74) is 5.87. The third-order valence-corrected chi connectivity index (χ3v) is 5.51. The average Bonchev–Trinajstić information content (AvgIpc) is 3.09. The van der Waals surface area contributed by atoms with Crippen molar-refractivity contribution in [2.45, 2.75) is 20.8 Å². The van der Waals surface area contributed by atoms with E-state index in [1.165, 1.54) is 23.2 Å². The Morgan fingerprint density at radius 2 is 1.82 bits per heavy atom. The van der Waals surface area contributed by atoms with Gasteiger partial charge in [-0.3, -0.25) is 10.2 Å². The van der Waals surface area contributed by atoms with Crippen LogP contribution < -0.4 is 10.4 Å². The molecule has 1 amide bonds. The summed E-state index contributed by atoms with van der Waals surface area (Å²) in [5.74, 6) is -2.65. The fourth-order valence-corrected chi connectivity index (χ4v) is 3.50. The van der Waals surface area contributed by atoms with Crippen molar-refractivity contribution in [1.82, 2.24) is 0 Å². The molecule has 0 atom stereocenters. The first-order valence-electron chi connectivity index (χ1n) is 10.3. The molecule has 0 aliphatic carbocycles. The quantitative estimate of drug-likeness (QED) is 0.377. The Hall–Kier alpha value is -4.53. The summed E-state index contributed by atoms with van der Waals surface area (Å²) in [6.45, 7) is 5.52. The van der Waals surface area contributed by atoms with Crippen LogP contribution in [0.15, 0.2) is 64.8 Å². The van der Waals surface area contributed by atoms with Crippen LogP contribution >= 0.6 is 0 Å². The minimum Gasteiger partial charge on any atom is -0.505 e. The van der Waals surface area contributed by atoms with Gasteiger partial charge >= 0.3 is 11.9 Å². The van der Waals surface area contributed by atoms with Gasteiger partial charge in [0.05, 0.1) is 17.0 Å². The van der Waals surface area contributed by atoms with E-state index in [4.69, 9.17) is 0 Å². The van der Waals surface area contributed by atoms with E-state index in [1.807, 2.05) is 26.0 Å². The smallest absolute Gasteiger partial charge is 0.335 e. The number of nitrogens with zero attached hydrogens (tertiary/aromatic N) is 3. The fraction of sp³-hybridized carbons (Fsp3) is 0.120. The number of carboxylic acids is 1. The highest BCUT2D eigenvalue weighted by atomic mass is 19.1. The SMILES string of the molecule is CC1=NN(c2ccc(C)c(C)c2)C(=O)C1=NNc1cc(F)cc(-c2cccc(C(=O)O)c2)c1O. The van der Waals surface area contributed by atoms with Gasteiger partial charge in [-0.1, -0.05) is 18.2 Å². The minimum atomic E-state index is -1.15. The van der Waals surface area contributed by atoms with Crippen molar-refractivity contribution in [3.8, 4) is 16.9 Å².